The van der Waals surface area contributed by atoms with Gasteiger partial charge in [0.15, 0.2) is 10.8 Å². The Hall–Kier alpha value is -1.10. The predicted octanol–water partition coefficient (Wildman–Crippen LogP) is 2.86. The van der Waals surface area contributed by atoms with Crippen LogP contribution in [0.3, 0.4) is 0 Å². The van der Waals surface area contributed by atoms with E-state index in [1.54, 1.807) is 11.3 Å². The molecule has 96 valence electrons. The molecule has 4 nitrogen and oxygen atoms in total. The summed E-state index contributed by atoms with van der Waals surface area (Å²) >= 11 is 1.55. The summed E-state index contributed by atoms with van der Waals surface area (Å²) in [5.74, 6) is -0.356. The molecule has 0 aliphatic carbocycles. The van der Waals surface area contributed by atoms with E-state index >= 15 is 0 Å². The fraction of sp³-hybridized carbons (Fsp3) is 0.667. The minimum Gasteiger partial charge on any atom is -0.464 e. The van der Waals surface area contributed by atoms with E-state index < -0.39 is 0 Å². The smallest absolute Gasteiger partial charge is 0.357 e. The monoisotopic (exact) mass is 256 g/mol. The van der Waals surface area contributed by atoms with Gasteiger partial charge in [-0.3, -0.25) is 0 Å². The van der Waals surface area contributed by atoms with Crippen LogP contribution < -0.4 is 4.90 Å². The molecule has 0 aliphatic heterocycles. The van der Waals surface area contributed by atoms with E-state index in [1.807, 2.05) is 6.92 Å². The molecule has 17 heavy (non-hydrogen) atoms. The molecule has 1 aromatic heterocycles. The summed E-state index contributed by atoms with van der Waals surface area (Å²) in [6.07, 6.45) is 1.06. The third-order valence-corrected chi connectivity index (χ3v) is 3.51. The minimum absolute atomic E-state index is 0.356. The Balaban J connectivity index is 3.01. The lowest BCUT2D eigenvalue weighted by Crippen LogP contribution is -2.31. The zero-order valence-electron chi connectivity index (χ0n) is 11.1. The molecule has 0 saturated carbocycles. The van der Waals surface area contributed by atoms with Crippen LogP contribution in [0.4, 0.5) is 5.13 Å². The number of anilines is 1. The van der Waals surface area contributed by atoms with E-state index in [4.69, 9.17) is 4.74 Å². The van der Waals surface area contributed by atoms with Crippen LogP contribution in [-0.4, -0.2) is 30.6 Å². The van der Waals surface area contributed by atoms with Crippen LogP contribution >= 0.6 is 11.3 Å². The number of rotatable bonds is 5. The zero-order valence-corrected chi connectivity index (χ0v) is 11.9. The van der Waals surface area contributed by atoms with E-state index in [2.05, 4.69) is 30.7 Å². The number of aryl methyl sites for hydroxylation is 1. The van der Waals surface area contributed by atoms with Gasteiger partial charge in [0.1, 0.15) is 0 Å². The summed E-state index contributed by atoms with van der Waals surface area (Å²) in [7, 11) is 1.38. The van der Waals surface area contributed by atoms with Crippen LogP contribution in [0.5, 0.6) is 0 Å². The average molecular weight is 256 g/mol. The summed E-state index contributed by atoms with van der Waals surface area (Å²) in [5.41, 5.74) is 0.439. The molecular formula is C12H20N2O2S. The molecular weight excluding hydrogens is 236 g/mol. The van der Waals surface area contributed by atoms with E-state index in [0.29, 0.717) is 11.7 Å². The maximum Gasteiger partial charge on any atom is 0.357 e. The Labute approximate surface area is 107 Å². The van der Waals surface area contributed by atoms with Gasteiger partial charge in [0, 0.05) is 17.5 Å². The summed E-state index contributed by atoms with van der Waals surface area (Å²) in [6.45, 7) is 9.24. The van der Waals surface area contributed by atoms with E-state index in [0.717, 1.165) is 23.0 Å². The van der Waals surface area contributed by atoms with E-state index in [-0.39, 0.29) is 5.97 Å². The van der Waals surface area contributed by atoms with Crippen molar-refractivity contribution in [3.8, 4) is 0 Å². The molecule has 0 atom stereocenters. The summed E-state index contributed by atoms with van der Waals surface area (Å²) < 4.78 is 4.72. The van der Waals surface area contributed by atoms with E-state index in [9.17, 15) is 4.79 Å². The molecule has 1 heterocycles. The maximum absolute atomic E-state index is 11.5. The van der Waals surface area contributed by atoms with Crippen LogP contribution in [0.1, 0.15) is 42.6 Å². The molecule has 0 saturated heterocycles. The van der Waals surface area contributed by atoms with Crippen molar-refractivity contribution in [1.29, 1.82) is 0 Å². The topological polar surface area (TPSA) is 42.4 Å². The van der Waals surface area contributed by atoms with Crippen LogP contribution in [-0.2, 0) is 4.74 Å². The number of hydrogen-bond donors (Lipinski definition) is 0. The molecule has 1 aromatic rings. The standard InChI is InChI=1S/C12H20N2O2S/c1-6-7-14(8(2)3)12-13-10(9(4)17-12)11(15)16-5/h8H,6-7H2,1-5H3. The fourth-order valence-electron chi connectivity index (χ4n) is 1.61. The highest BCUT2D eigenvalue weighted by atomic mass is 32.1. The molecule has 0 bridgehead atoms. The molecule has 0 aliphatic rings. The molecule has 0 fully saturated rings. The first-order chi connectivity index (χ1) is 8.01. The molecule has 0 spiro atoms. The van der Waals surface area contributed by atoms with Gasteiger partial charge in [-0.05, 0) is 27.2 Å². The minimum atomic E-state index is -0.356. The van der Waals surface area contributed by atoms with Crippen LogP contribution in [0.15, 0.2) is 0 Å². The summed E-state index contributed by atoms with van der Waals surface area (Å²) in [6, 6.07) is 0.381. The van der Waals surface area contributed by atoms with Crippen molar-refractivity contribution in [2.24, 2.45) is 0 Å². The van der Waals surface area contributed by atoms with Crippen molar-refractivity contribution >= 4 is 22.4 Å². The number of nitrogens with zero attached hydrogens (tertiary/aromatic N) is 2. The van der Waals surface area contributed by atoms with Crippen LogP contribution in [0.2, 0.25) is 0 Å². The van der Waals surface area contributed by atoms with Crippen molar-refractivity contribution in [2.75, 3.05) is 18.6 Å². The van der Waals surface area contributed by atoms with Gasteiger partial charge in [0.2, 0.25) is 0 Å². The first-order valence-electron chi connectivity index (χ1n) is 5.83. The third-order valence-electron chi connectivity index (χ3n) is 2.50. The Bertz CT molecular complexity index is 388. The quantitative estimate of drug-likeness (QED) is 0.760. The molecule has 0 N–H and O–H groups in total. The number of thiazole rings is 1. The van der Waals surface area contributed by atoms with Crippen LogP contribution in [0, 0.1) is 6.92 Å². The number of carbonyl (C=O) groups excluding carboxylic acids is 1. The van der Waals surface area contributed by atoms with Gasteiger partial charge in [-0.25, -0.2) is 9.78 Å². The fourth-order valence-corrected chi connectivity index (χ4v) is 2.66. The van der Waals surface area contributed by atoms with Gasteiger partial charge in [-0.1, -0.05) is 6.92 Å². The Morgan fingerprint density at radius 3 is 2.65 bits per heavy atom. The van der Waals surface area contributed by atoms with Crippen LogP contribution in [0.25, 0.3) is 0 Å². The van der Waals surface area contributed by atoms with Crippen molar-refractivity contribution in [1.82, 2.24) is 4.98 Å². The Morgan fingerprint density at radius 2 is 2.18 bits per heavy atom. The SMILES string of the molecule is CCCN(c1nc(C(=O)OC)c(C)s1)C(C)C. The number of methoxy groups -OCH3 is 1. The van der Waals surface area contributed by atoms with Gasteiger partial charge in [-0.15, -0.1) is 11.3 Å². The van der Waals surface area contributed by atoms with Crippen molar-refractivity contribution in [3.63, 3.8) is 0 Å². The van der Waals surface area contributed by atoms with Gasteiger partial charge in [-0.2, -0.15) is 0 Å². The molecule has 0 radical (unpaired) electrons. The maximum atomic E-state index is 11.5. The number of hydrogen-bond acceptors (Lipinski definition) is 5. The van der Waals surface area contributed by atoms with Gasteiger partial charge in [0.05, 0.1) is 7.11 Å². The second-order valence-corrected chi connectivity index (χ2v) is 5.36. The molecule has 1 rings (SSSR count). The second kappa shape index (κ2) is 6.00. The normalized spacial score (nSPS) is 10.7. The molecule has 0 amide bonds. The second-order valence-electron chi connectivity index (χ2n) is 4.18. The van der Waals surface area contributed by atoms with Gasteiger partial charge >= 0.3 is 5.97 Å². The number of ether oxygens (including phenoxy) is 1. The summed E-state index contributed by atoms with van der Waals surface area (Å²) in [4.78, 5) is 19.0. The van der Waals surface area contributed by atoms with E-state index in [1.165, 1.54) is 7.11 Å². The lowest BCUT2D eigenvalue weighted by atomic mass is 10.3. The molecule has 0 unspecified atom stereocenters. The lowest BCUT2D eigenvalue weighted by molar-refractivity contribution is 0.0594. The number of esters is 1. The van der Waals surface area contributed by atoms with Crippen molar-refractivity contribution in [3.05, 3.63) is 10.6 Å². The Morgan fingerprint density at radius 1 is 1.53 bits per heavy atom. The first kappa shape index (κ1) is 14.0. The largest absolute Gasteiger partial charge is 0.464 e. The number of aromatic nitrogens is 1. The summed E-state index contributed by atoms with van der Waals surface area (Å²) in [5, 5.41) is 0.903. The Kier molecular flexibility index (Phi) is 4.93. The highest BCUT2D eigenvalue weighted by Gasteiger charge is 2.20. The molecule has 0 aromatic carbocycles. The highest BCUT2D eigenvalue weighted by Crippen LogP contribution is 2.27. The molecule has 5 heteroatoms. The average Bonchev–Trinajstić information content (AvgIpc) is 2.66. The van der Waals surface area contributed by atoms with Crippen molar-refractivity contribution < 1.29 is 9.53 Å². The van der Waals surface area contributed by atoms with Gasteiger partial charge < -0.3 is 9.64 Å². The van der Waals surface area contributed by atoms with Crippen molar-refractivity contribution in [2.45, 2.75) is 40.2 Å². The highest BCUT2D eigenvalue weighted by molar-refractivity contribution is 7.15. The predicted molar refractivity (Wildman–Crippen MR) is 71.0 cm³/mol. The zero-order chi connectivity index (χ0) is 13.0. The first-order valence-corrected chi connectivity index (χ1v) is 6.65. The lowest BCUT2D eigenvalue weighted by Gasteiger charge is -2.25. The third kappa shape index (κ3) is 3.19. The van der Waals surface area contributed by atoms with Gasteiger partial charge in [0.25, 0.3) is 0 Å². The number of carbonyl (C=O) groups is 1.